The zero-order chi connectivity index (χ0) is 12.7. The molecule has 0 unspecified atom stereocenters. The lowest BCUT2D eigenvalue weighted by atomic mass is 10.2. The van der Waals surface area contributed by atoms with Crippen molar-refractivity contribution in [2.75, 3.05) is 0 Å². The van der Waals surface area contributed by atoms with Crippen LogP contribution in [0.3, 0.4) is 0 Å². The van der Waals surface area contributed by atoms with Crippen molar-refractivity contribution >= 4 is 21.6 Å². The Morgan fingerprint density at radius 2 is 2.17 bits per heavy atom. The summed E-state index contributed by atoms with van der Waals surface area (Å²) in [4.78, 5) is 10.2. The molecule has 1 saturated carbocycles. The molecule has 0 bridgehead atoms. The monoisotopic (exact) mass is 309 g/mol. The molecule has 1 heterocycles. The van der Waals surface area contributed by atoms with E-state index in [9.17, 15) is 10.1 Å². The molecular formula is C11H8BrN3O3. The van der Waals surface area contributed by atoms with Gasteiger partial charge in [-0.15, -0.1) is 10.2 Å². The van der Waals surface area contributed by atoms with E-state index in [0.29, 0.717) is 27.7 Å². The predicted molar refractivity (Wildman–Crippen MR) is 66.1 cm³/mol. The first-order chi connectivity index (χ1) is 8.65. The Labute approximate surface area is 110 Å². The summed E-state index contributed by atoms with van der Waals surface area (Å²) in [6, 6.07) is 4.45. The fourth-order valence-corrected chi connectivity index (χ4v) is 2.17. The first kappa shape index (κ1) is 11.3. The van der Waals surface area contributed by atoms with Gasteiger partial charge in [0.2, 0.25) is 11.8 Å². The molecule has 0 saturated heterocycles. The second-order valence-electron chi connectivity index (χ2n) is 4.14. The number of non-ortho nitro benzene ring substituents is 1. The second kappa shape index (κ2) is 4.16. The number of halogens is 1. The van der Waals surface area contributed by atoms with Crippen LogP contribution in [0, 0.1) is 10.1 Å². The molecule has 1 aliphatic carbocycles. The van der Waals surface area contributed by atoms with E-state index in [4.69, 9.17) is 4.42 Å². The van der Waals surface area contributed by atoms with E-state index >= 15 is 0 Å². The Bertz CT molecular complexity index is 622. The Morgan fingerprint density at radius 1 is 1.39 bits per heavy atom. The third kappa shape index (κ3) is 2.01. The van der Waals surface area contributed by atoms with E-state index in [1.165, 1.54) is 12.1 Å². The number of rotatable bonds is 3. The SMILES string of the molecule is O=[N+]([O-])c1ccc(-c2nnc(C3CC3)o2)c(Br)c1. The number of nitrogens with zero attached hydrogens (tertiary/aromatic N) is 3. The Balaban J connectivity index is 1.97. The van der Waals surface area contributed by atoms with Gasteiger partial charge in [0.15, 0.2) is 0 Å². The highest BCUT2D eigenvalue weighted by molar-refractivity contribution is 9.10. The van der Waals surface area contributed by atoms with Crippen molar-refractivity contribution in [1.82, 2.24) is 10.2 Å². The smallest absolute Gasteiger partial charge is 0.270 e. The molecule has 1 fully saturated rings. The molecule has 0 aliphatic heterocycles. The molecule has 3 rings (SSSR count). The first-order valence-electron chi connectivity index (χ1n) is 5.43. The van der Waals surface area contributed by atoms with Crippen LogP contribution in [0.25, 0.3) is 11.5 Å². The summed E-state index contributed by atoms with van der Waals surface area (Å²) in [5.74, 6) is 1.43. The number of nitro groups is 1. The van der Waals surface area contributed by atoms with Gasteiger partial charge in [0.05, 0.1) is 10.5 Å². The molecule has 0 amide bonds. The van der Waals surface area contributed by atoms with Crippen LogP contribution in [0.2, 0.25) is 0 Å². The quantitative estimate of drug-likeness (QED) is 0.642. The first-order valence-corrected chi connectivity index (χ1v) is 6.22. The standard InChI is InChI=1S/C11H8BrN3O3/c12-9-5-7(15(16)17)3-4-8(9)11-14-13-10(18-11)6-1-2-6/h3-6H,1-2H2. The van der Waals surface area contributed by atoms with Crippen molar-refractivity contribution in [3.63, 3.8) is 0 Å². The minimum absolute atomic E-state index is 0.0209. The van der Waals surface area contributed by atoms with E-state index in [1.54, 1.807) is 6.07 Å². The van der Waals surface area contributed by atoms with Gasteiger partial charge in [-0.05, 0) is 34.8 Å². The lowest BCUT2D eigenvalue weighted by Crippen LogP contribution is -1.88. The van der Waals surface area contributed by atoms with Crippen LogP contribution in [0.1, 0.15) is 24.7 Å². The average Bonchev–Trinajstić information content (AvgIpc) is 3.08. The maximum absolute atomic E-state index is 10.6. The van der Waals surface area contributed by atoms with Gasteiger partial charge in [-0.1, -0.05) is 0 Å². The minimum atomic E-state index is -0.446. The van der Waals surface area contributed by atoms with E-state index < -0.39 is 4.92 Å². The molecule has 0 N–H and O–H groups in total. The minimum Gasteiger partial charge on any atom is -0.420 e. The summed E-state index contributed by atoms with van der Waals surface area (Å²) < 4.78 is 6.12. The topological polar surface area (TPSA) is 82.1 Å². The lowest BCUT2D eigenvalue weighted by Gasteiger charge is -1.98. The molecule has 0 radical (unpaired) electrons. The number of aromatic nitrogens is 2. The van der Waals surface area contributed by atoms with Gasteiger partial charge in [-0.25, -0.2) is 0 Å². The third-order valence-electron chi connectivity index (χ3n) is 2.76. The van der Waals surface area contributed by atoms with Crippen LogP contribution < -0.4 is 0 Å². The van der Waals surface area contributed by atoms with E-state index in [0.717, 1.165) is 12.8 Å². The van der Waals surface area contributed by atoms with Gasteiger partial charge in [0.1, 0.15) is 0 Å². The summed E-state index contributed by atoms with van der Waals surface area (Å²) in [5.41, 5.74) is 0.688. The van der Waals surface area contributed by atoms with Gasteiger partial charge in [0, 0.05) is 22.5 Å². The Morgan fingerprint density at radius 3 is 2.78 bits per heavy atom. The Kier molecular flexibility index (Phi) is 2.62. The molecule has 18 heavy (non-hydrogen) atoms. The molecule has 2 aromatic rings. The molecular weight excluding hydrogens is 302 g/mol. The highest BCUT2D eigenvalue weighted by Gasteiger charge is 2.29. The summed E-state index contributed by atoms with van der Waals surface area (Å²) in [6.45, 7) is 0. The van der Waals surface area contributed by atoms with E-state index in [1.807, 2.05) is 0 Å². The maximum Gasteiger partial charge on any atom is 0.270 e. The van der Waals surface area contributed by atoms with Gasteiger partial charge in [0.25, 0.3) is 5.69 Å². The molecule has 0 atom stereocenters. The van der Waals surface area contributed by atoms with Gasteiger partial charge in [-0.2, -0.15) is 0 Å². The normalized spacial score (nSPS) is 14.7. The summed E-state index contributed by atoms with van der Waals surface area (Å²) in [5, 5.41) is 18.6. The molecule has 1 aromatic heterocycles. The highest BCUT2D eigenvalue weighted by Crippen LogP contribution is 2.40. The van der Waals surface area contributed by atoms with Gasteiger partial charge < -0.3 is 4.42 Å². The van der Waals surface area contributed by atoms with Crippen molar-refractivity contribution in [3.05, 3.63) is 38.7 Å². The molecule has 0 spiro atoms. The van der Waals surface area contributed by atoms with Crippen molar-refractivity contribution in [2.45, 2.75) is 18.8 Å². The fourth-order valence-electron chi connectivity index (χ4n) is 1.63. The number of hydrogen-bond acceptors (Lipinski definition) is 5. The van der Waals surface area contributed by atoms with Crippen molar-refractivity contribution in [3.8, 4) is 11.5 Å². The molecule has 6 nitrogen and oxygen atoms in total. The van der Waals surface area contributed by atoms with Crippen molar-refractivity contribution in [1.29, 1.82) is 0 Å². The Hall–Kier alpha value is -1.76. The number of nitro benzene ring substituents is 1. The molecule has 92 valence electrons. The molecule has 1 aliphatic rings. The largest absolute Gasteiger partial charge is 0.420 e. The van der Waals surface area contributed by atoms with Crippen LogP contribution in [-0.2, 0) is 0 Å². The predicted octanol–water partition coefficient (Wildman–Crippen LogP) is 3.28. The van der Waals surface area contributed by atoms with Gasteiger partial charge in [-0.3, -0.25) is 10.1 Å². The fraction of sp³-hybridized carbons (Fsp3) is 0.273. The molecule has 1 aromatic carbocycles. The van der Waals surface area contributed by atoms with Crippen LogP contribution in [0.4, 0.5) is 5.69 Å². The molecule has 7 heteroatoms. The second-order valence-corrected chi connectivity index (χ2v) is 5.00. The third-order valence-corrected chi connectivity index (χ3v) is 3.42. The van der Waals surface area contributed by atoms with E-state index in [-0.39, 0.29) is 5.69 Å². The number of hydrogen-bond donors (Lipinski definition) is 0. The zero-order valence-electron chi connectivity index (χ0n) is 9.17. The van der Waals surface area contributed by atoms with Crippen molar-refractivity contribution in [2.24, 2.45) is 0 Å². The number of benzene rings is 1. The van der Waals surface area contributed by atoms with Crippen LogP contribution in [-0.4, -0.2) is 15.1 Å². The van der Waals surface area contributed by atoms with Crippen LogP contribution in [0.15, 0.2) is 27.1 Å². The summed E-state index contributed by atoms with van der Waals surface area (Å²) in [6.07, 6.45) is 2.17. The summed E-state index contributed by atoms with van der Waals surface area (Å²) >= 11 is 3.28. The van der Waals surface area contributed by atoms with Crippen LogP contribution >= 0.6 is 15.9 Å². The van der Waals surface area contributed by atoms with E-state index in [2.05, 4.69) is 26.1 Å². The lowest BCUT2D eigenvalue weighted by molar-refractivity contribution is -0.384. The van der Waals surface area contributed by atoms with Crippen molar-refractivity contribution < 1.29 is 9.34 Å². The van der Waals surface area contributed by atoms with Gasteiger partial charge >= 0.3 is 0 Å². The maximum atomic E-state index is 10.6. The zero-order valence-corrected chi connectivity index (χ0v) is 10.8. The average molecular weight is 310 g/mol. The highest BCUT2D eigenvalue weighted by atomic mass is 79.9. The summed E-state index contributed by atoms with van der Waals surface area (Å²) in [7, 11) is 0. The van der Waals surface area contributed by atoms with Crippen LogP contribution in [0.5, 0.6) is 0 Å².